The van der Waals surface area contributed by atoms with E-state index in [9.17, 15) is 9.50 Å². The zero-order chi connectivity index (χ0) is 16.4. The van der Waals surface area contributed by atoms with Gasteiger partial charge in [-0.3, -0.25) is 0 Å². The first-order chi connectivity index (χ1) is 11.1. The Morgan fingerprint density at radius 2 is 1.87 bits per heavy atom. The Balaban J connectivity index is 2.14. The Hall–Kier alpha value is -2.79. The first kappa shape index (κ1) is 15.1. The molecule has 1 aromatic heterocycles. The Bertz CT molecular complexity index is 865. The van der Waals surface area contributed by atoms with Crippen LogP contribution in [0.1, 0.15) is 11.1 Å². The lowest BCUT2D eigenvalue weighted by Gasteiger charge is -2.13. The number of nitrogen functional groups attached to an aromatic ring is 1. The number of aromatic nitrogens is 2. The smallest absolute Gasteiger partial charge is 0.127 e. The number of halogens is 1. The van der Waals surface area contributed by atoms with Crippen LogP contribution < -0.4 is 5.73 Å². The van der Waals surface area contributed by atoms with Gasteiger partial charge in [-0.05, 0) is 47.4 Å². The zero-order valence-corrected chi connectivity index (χ0v) is 12.6. The summed E-state index contributed by atoms with van der Waals surface area (Å²) < 4.78 is 13.6. The summed E-state index contributed by atoms with van der Waals surface area (Å²) >= 11 is 0. The van der Waals surface area contributed by atoms with E-state index in [4.69, 9.17) is 5.73 Å². The van der Waals surface area contributed by atoms with Gasteiger partial charge in [0.15, 0.2) is 0 Å². The molecule has 0 aliphatic heterocycles. The van der Waals surface area contributed by atoms with E-state index in [2.05, 4.69) is 9.97 Å². The SMILES string of the molecule is Cc1cc(F)cc(CO)c1-c1cccc(-c2cc(N)ncn2)c1. The fourth-order valence-electron chi connectivity index (χ4n) is 2.71. The van der Waals surface area contributed by atoms with E-state index < -0.39 is 0 Å². The van der Waals surface area contributed by atoms with Crippen molar-refractivity contribution < 1.29 is 9.50 Å². The summed E-state index contributed by atoms with van der Waals surface area (Å²) in [6.07, 6.45) is 1.42. The van der Waals surface area contributed by atoms with Crippen molar-refractivity contribution in [2.24, 2.45) is 0 Å². The summed E-state index contributed by atoms with van der Waals surface area (Å²) in [5.41, 5.74) is 10.3. The number of benzene rings is 2. The van der Waals surface area contributed by atoms with Crippen molar-refractivity contribution in [1.82, 2.24) is 9.97 Å². The van der Waals surface area contributed by atoms with Crippen LogP contribution in [0.4, 0.5) is 10.2 Å². The number of aliphatic hydroxyl groups excluding tert-OH is 1. The highest BCUT2D eigenvalue weighted by Gasteiger charge is 2.11. The number of nitrogens with zero attached hydrogens (tertiary/aromatic N) is 2. The molecule has 2 aromatic carbocycles. The van der Waals surface area contributed by atoms with E-state index >= 15 is 0 Å². The predicted molar refractivity (Wildman–Crippen MR) is 87.9 cm³/mol. The summed E-state index contributed by atoms with van der Waals surface area (Å²) in [5.74, 6) is 0.0458. The molecular weight excluding hydrogens is 293 g/mol. The van der Waals surface area contributed by atoms with E-state index in [0.29, 0.717) is 17.1 Å². The maximum absolute atomic E-state index is 13.6. The largest absolute Gasteiger partial charge is 0.392 e. The molecule has 0 aliphatic carbocycles. The van der Waals surface area contributed by atoms with Crippen molar-refractivity contribution in [3.8, 4) is 22.4 Å². The lowest BCUT2D eigenvalue weighted by molar-refractivity contribution is 0.281. The minimum Gasteiger partial charge on any atom is -0.392 e. The van der Waals surface area contributed by atoms with E-state index in [1.54, 1.807) is 6.07 Å². The molecule has 0 amide bonds. The number of aryl methyl sites for hydroxylation is 1. The van der Waals surface area contributed by atoms with Gasteiger partial charge in [-0.25, -0.2) is 14.4 Å². The number of hydrogen-bond acceptors (Lipinski definition) is 4. The molecule has 23 heavy (non-hydrogen) atoms. The lowest BCUT2D eigenvalue weighted by Crippen LogP contribution is -1.96. The van der Waals surface area contributed by atoms with Crippen molar-refractivity contribution in [2.45, 2.75) is 13.5 Å². The lowest BCUT2D eigenvalue weighted by atomic mass is 9.93. The molecule has 0 saturated carbocycles. The average molecular weight is 309 g/mol. The van der Waals surface area contributed by atoms with Crippen molar-refractivity contribution in [1.29, 1.82) is 0 Å². The number of nitrogens with two attached hydrogens (primary N) is 1. The molecule has 0 radical (unpaired) electrons. The minimum atomic E-state index is -0.352. The van der Waals surface area contributed by atoms with Gasteiger partial charge in [0.1, 0.15) is 18.0 Å². The third-order valence-corrected chi connectivity index (χ3v) is 3.69. The fraction of sp³-hybridized carbons (Fsp3) is 0.111. The van der Waals surface area contributed by atoms with Crippen LogP contribution in [0.5, 0.6) is 0 Å². The zero-order valence-electron chi connectivity index (χ0n) is 12.6. The van der Waals surface area contributed by atoms with Gasteiger partial charge >= 0.3 is 0 Å². The van der Waals surface area contributed by atoms with Gasteiger partial charge in [0.2, 0.25) is 0 Å². The van der Waals surface area contributed by atoms with Crippen LogP contribution in [-0.2, 0) is 6.61 Å². The summed E-state index contributed by atoms with van der Waals surface area (Å²) in [7, 11) is 0. The van der Waals surface area contributed by atoms with Crippen LogP contribution in [0.15, 0.2) is 48.8 Å². The molecule has 0 aliphatic rings. The molecule has 0 atom stereocenters. The van der Waals surface area contributed by atoms with Gasteiger partial charge in [0.05, 0.1) is 12.3 Å². The number of aliphatic hydroxyl groups is 1. The number of anilines is 1. The first-order valence-corrected chi connectivity index (χ1v) is 7.16. The van der Waals surface area contributed by atoms with Crippen LogP contribution in [-0.4, -0.2) is 15.1 Å². The first-order valence-electron chi connectivity index (χ1n) is 7.16. The Morgan fingerprint density at radius 1 is 1.09 bits per heavy atom. The average Bonchev–Trinajstić information content (AvgIpc) is 2.54. The molecule has 0 saturated heterocycles. The van der Waals surface area contributed by atoms with Gasteiger partial charge in [0, 0.05) is 11.6 Å². The summed E-state index contributed by atoms with van der Waals surface area (Å²) in [4.78, 5) is 8.11. The second-order valence-corrected chi connectivity index (χ2v) is 5.32. The van der Waals surface area contributed by atoms with Gasteiger partial charge in [-0.2, -0.15) is 0 Å². The van der Waals surface area contributed by atoms with E-state index in [1.807, 2.05) is 31.2 Å². The Labute approximate surface area is 133 Å². The third kappa shape index (κ3) is 3.05. The molecule has 0 unspecified atom stereocenters. The standard InChI is InChI=1S/C18H16FN3O/c1-11-5-15(19)7-14(9-23)18(11)13-4-2-3-12(6-13)16-8-17(20)22-10-21-16/h2-8,10,23H,9H2,1H3,(H2,20,21,22). The monoisotopic (exact) mass is 309 g/mol. The second-order valence-electron chi connectivity index (χ2n) is 5.32. The molecule has 3 N–H and O–H groups in total. The predicted octanol–water partition coefficient (Wildman–Crippen LogP) is 3.33. The molecular formula is C18H16FN3O. The van der Waals surface area contributed by atoms with Crippen LogP contribution >= 0.6 is 0 Å². The highest BCUT2D eigenvalue weighted by atomic mass is 19.1. The normalized spacial score (nSPS) is 10.7. The van der Waals surface area contributed by atoms with Crippen molar-refractivity contribution in [3.05, 3.63) is 65.7 Å². The number of rotatable bonds is 3. The van der Waals surface area contributed by atoms with Crippen LogP contribution in [0, 0.1) is 12.7 Å². The molecule has 4 nitrogen and oxygen atoms in total. The molecule has 3 rings (SSSR count). The van der Waals surface area contributed by atoms with Crippen molar-refractivity contribution >= 4 is 5.82 Å². The minimum absolute atomic E-state index is 0.224. The quantitative estimate of drug-likeness (QED) is 0.778. The maximum atomic E-state index is 13.6. The van der Waals surface area contributed by atoms with Crippen LogP contribution in [0.3, 0.4) is 0 Å². The summed E-state index contributed by atoms with van der Waals surface area (Å²) in [6.45, 7) is 1.60. The van der Waals surface area contributed by atoms with Gasteiger partial charge in [-0.15, -0.1) is 0 Å². The molecule has 0 fully saturated rings. The second kappa shape index (κ2) is 6.14. The van der Waals surface area contributed by atoms with E-state index in [0.717, 1.165) is 22.3 Å². The highest BCUT2D eigenvalue weighted by molar-refractivity contribution is 5.76. The van der Waals surface area contributed by atoms with Crippen molar-refractivity contribution in [3.63, 3.8) is 0 Å². The van der Waals surface area contributed by atoms with E-state index in [-0.39, 0.29) is 12.4 Å². The van der Waals surface area contributed by atoms with E-state index in [1.165, 1.54) is 18.5 Å². The van der Waals surface area contributed by atoms with Crippen LogP contribution in [0.25, 0.3) is 22.4 Å². The fourth-order valence-corrected chi connectivity index (χ4v) is 2.71. The van der Waals surface area contributed by atoms with Gasteiger partial charge in [0.25, 0.3) is 0 Å². The maximum Gasteiger partial charge on any atom is 0.127 e. The highest BCUT2D eigenvalue weighted by Crippen LogP contribution is 2.31. The summed E-state index contributed by atoms with van der Waals surface area (Å²) in [6, 6.07) is 12.2. The Morgan fingerprint density at radius 3 is 2.61 bits per heavy atom. The van der Waals surface area contributed by atoms with Gasteiger partial charge in [-0.1, -0.05) is 18.2 Å². The molecule has 116 valence electrons. The molecule has 0 spiro atoms. The van der Waals surface area contributed by atoms with Crippen molar-refractivity contribution in [2.75, 3.05) is 5.73 Å². The Kier molecular flexibility index (Phi) is 4.04. The van der Waals surface area contributed by atoms with Crippen LogP contribution in [0.2, 0.25) is 0 Å². The third-order valence-electron chi connectivity index (χ3n) is 3.69. The number of hydrogen-bond donors (Lipinski definition) is 2. The molecule has 1 heterocycles. The molecule has 3 aromatic rings. The van der Waals surface area contributed by atoms with Gasteiger partial charge < -0.3 is 10.8 Å². The molecule has 5 heteroatoms. The summed E-state index contributed by atoms with van der Waals surface area (Å²) in [5, 5.41) is 9.55. The molecule has 0 bridgehead atoms. The topological polar surface area (TPSA) is 72.0 Å².